The molecule has 0 bridgehead atoms. The van der Waals surface area contributed by atoms with Crippen LogP contribution in [-0.2, 0) is 0 Å². The van der Waals surface area contributed by atoms with E-state index in [4.69, 9.17) is 0 Å². The maximum Gasteiger partial charge on any atom is 0.391 e. The molecule has 0 aliphatic rings. The first kappa shape index (κ1) is 14.0. The van der Waals surface area contributed by atoms with E-state index in [9.17, 15) is 18.3 Å². The van der Waals surface area contributed by atoms with Crippen LogP contribution in [0, 0.1) is 0 Å². The molecule has 0 saturated carbocycles. The summed E-state index contributed by atoms with van der Waals surface area (Å²) in [4.78, 5) is 0. The van der Waals surface area contributed by atoms with Gasteiger partial charge in [0.2, 0.25) is 0 Å². The van der Waals surface area contributed by atoms with Gasteiger partial charge in [-0.1, -0.05) is 38.1 Å². The number of hydrogen-bond acceptors (Lipinski definition) is 1. The lowest BCUT2D eigenvalue weighted by Gasteiger charge is -2.20. The Labute approximate surface area is 99.3 Å². The first-order valence-electron chi connectivity index (χ1n) is 5.68. The van der Waals surface area contributed by atoms with Gasteiger partial charge in [0.25, 0.3) is 0 Å². The van der Waals surface area contributed by atoms with E-state index in [2.05, 4.69) is 0 Å². The molecular weight excluding hydrogens is 229 g/mol. The predicted octanol–water partition coefficient (Wildman–Crippen LogP) is 4.19. The summed E-state index contributed by atoms with van der Waals surface area (Å²) < 4.78 is 36.7. The molecule has 2 atom stereocenters. The van der Waals surface area contributed by atoms with Gasteiger partial charge in [0.15, 0.2) is 0 Å². The molecule has 0 aliphatic heterocycles. The fourth-order valence-corrected chi connectivity index (χ4v) is 1.81. The van der Waals surface area contributed by atoms with Crippen molar-refractivity contribution in [3.63, 3.8) is 0 Å². The number of rotatable bonds is 4. The number of halogens is 3. The van der Waals surface area contributed by atoms with Crippen LogP contribution in [0.2, 0.25) is 0 Å². The number of aliphatic hydroxyl groups excluding tert-OH is 1. The third-order valence-corrected chi connectivity index (χ3v) is 2.92. The van der Waals surface area contributed by atoms with E-state index in [0.717, 1.165) is 12.0 Å². The van der Waals surface area contributed by atoms with Crippen LogP contribution in [0.15, 0.2) is 24.3 Å². The summed E-state index contributed by atoms with van der Waals surface area (Å²) in [5, 5.41) is 9.66. The Morgan fingerprint density at radius 1 is 1.18 bits per heavy atom. The topological polar surface area (TPSA) is 20.2 Å². The van der Waals surface area contributed by atoms with Crippen molar-refractivity contribution in [2.75, 3.05) is 0 Å². The fraction of sp³-hybridized carbons (Fsp3) is 0.538. The van der Waals surface area contributed by atoms with Crippen LogP contribution in [0.5, 0.6) is 0 Å². The van der Waals surface area contributed by atoms with Crippen molar-refractivity contribution >= 4 is 0 Å². The zero-order valence-electron chi connectivity index (χ0n) is 9.96. The first-order chi connectivity index (χ1) is 7.85. The Hall–Kier alpha value is -1.03. The number of benzene rings is 1. The zero-order chi connectivity index (χ0) is 13.1. The number of alkyl halides is 3. The molecule has 0 heterocycles. The number of hydrogen-bond donors (Lipinski definition) is 1. The minimum Gasteiger partial charge on any atom is -0.388 e. The largest absolute Gasteiger partial charge is 0.391 e. The lowest BCUT2D eigenvalue weighted by molar-refractivity contribution is -0.154. The molecule has 0 radical (unpaired) electrons. The van der Waals surface area contributed by atoms with E-state index in [0.29, 0.717) is 5.56 Å². The summed E-state index contributed by atoms with van der Waals surface area (Å²) in [5.41, 5.74) is 1.19. The SMILES string of the molecule is CCC(C)c1ccccc1C(O)CC(F)(F)F. The van der Waals surface area contributed by atoms with E-state index < -0.39 is 18.7 Å². The Bertz CT molecular complexity index is 360. The van der Waals surface area contributed by atoms with Crippen LogP contribution < -0.4 is 0 Å². The monoisotopic (exact) mass is 246 g/mol. The van der Waals surface area contributed by atoms with Crippen LogP contribution in [0.4, 0.5) is 13.2 Å². The Morgan fingerprint density at radius 2 is 1.71 bits per heavy atom. The lowest BCUT2D eigenvalue weighted by Crippen LogP contribution is -2.15. The third-order valence-electron chi connectivity index (χ3n) is 2.92. The van der Waals surface area contributed by atoms with Crippen LogP contribution in [0.25, 0.3) is 0 Å². The quantitative estimate of drug-likeness (QED) is 0.844. The summed E-state index contributed by atoms with van der Waals surface area (Å²) in [7, 11) is 0. The second-order valence-electron chi connectivity index (χ2n) is 4.27. The zero-order valence-corrected chi connectivity index (χ0v) is 9.96. The molecule has 1 aromatic carbocycles. The van der Waals surface area contributed by atoms with Crippen LogP contribution in [-0.4, -0.2) is 11.3 Å². The highest BCUT2D eigenvalue weighted by Crippen LogP contribution is 2.33. The predicted molar refractivity (Wildman–Crippen MR) is 60.8 cm³/mol. The van der Waals surface area contributed by atoms with Gasteiger partial charge in [0.1, 0.15) is 0 Å². The van der Waals surface area contributed by atoms with Crippen molar-refractivity contribution in [2.45, 2.75) is 44.9 Å². The molecule has 2 unspecified atom stereocenters. The van der Waals surface area contributed by atoms with Crippen LogP contribution in [0.3, 0.4) is 0 Å². The van der Waals surface area contributed by atoms with Gasteiger partial charge >= 0.3 is 6.18 Å². The fourth-order valence-electron chi connectivity index (χ4n) is 1.81. The van der Waals surface area contributed by atoms with Crippen molar-refractivity contribution in [2.24, 2.45) is 0 Å². The molecule has 0 aromatic heterocycles. The molecule has 4 heteroatoms. The molecule has 17 heavy (non-hydrogen) atoms. The summed E-state index contributed by atoms with van der Waals surface area (Å²) in [6.45, 7) is 3.91. The van der Waals surface area contributed by atoms with Gasteiger partial charge in [-0.25, -0.2) is 0 Å². The molecule has 1 nitrogen and oxygen atoms in total. The van der Waals surface area contributed by atoms with Gasteiger partial charge in [0, 0.05) is 0 Å². The standard InChI is InChI=1S/C13H17F3O/c1-3-9(2)10-6-4-5-7-11(10)12(17)8-13(14,15)16/h4-7,9,12,17H,3,8H2,1-2H3. The average Bonchev–Trinajstić information content (AvgIpc) is 2.25. The van der Waals surface area contributed by atoms with E-state index in [1.54, 1.807) is 24.3 Å². The third kappa shape index (κ3) is 4.04. The van der Waals surface area contributed by atoms with E-state index in [1.165, 1.54) is 0 Å². The highest BCUT2D eigenvalue weighted by molar-refractivity contribution is 5.31. The molecule has 96 valence electrons. The molecule has 0 fully saturated rings. The van der Waals surface area contributed by atoms with Crippen molar-refractivity contribution in [1.82, 2.24) is 0 Å². The summed E-state index contributed by atoms with van der Waals surface area (Å²) in [6, 6.07) is 6.78. The summed E-state index contributed by atoms with van der Waals surface area (Å²) in [6.07, 6.45) is -6.18. The average molecular weight is 246 g/mol. The Balaban J connectivity index is 2.97. The van der Waals surface area contributed by atoms with Gasteiger partial charge in [0.05, 0.1) is 12.5 Å². The van der Waals surface area contributed by atoms with E-state index >= 15 is 0 Å². The van der Waals surface area contributed by atoms with Crippen molar-refractivity contribution in [1.29, 1.82) is 0 Å². The van der Waals surface area contributed by atoms with Crippen molar-refractivity contribution in [3.05, 3.63) is 35.4 Å². The maximum atomic E-state index is 12.2. The van der Waals surface area contributed by atoms with Gasteiger partial charge in [-0.15, -0.1) is 0 Å². The van der Waals surface area contributed by atoms with Crippen LogP contribution >= 0.6 is 0 Å². The van der Waals surface area contributed by atoms with Crippen molar-refractivity contribution < 1.29 is 18.3 Å². The van der Waals surface area contributed by atoms with E-state index in [-0.39, 0.29) is 5.92 Å². The second-order valence-corrected chi connectivity index (χ2v) is 4.27. The normalized spacial score (nSPS) is 15.6. The highest BCUT2D eigenvalue weighted by atomic mass is 19.4. The minimum absolute atomic E-state index is 0.147. The molecule has 0 spiro atoms. The minimum atomic E-state index is -4.35. The summed E-state index contributed by atoms with van der Waals surface area (Å²) >= 11 is 0. The Kier molecular flexibility index (Phi) is 4.57. The second kappa shape index (κ2) is 5.54. The molecule has 1 rings (SSSR count). The number of aliphatic hydroxyl groups is 1. The molecule has 0 amide bonds. The molecular formula is C13H17F3O. The maximum absolute atomic E-state index is 12.2. The van der Waals surface area contributed by atoms with E-state index in [1.807, 2.05) is 13.8 Å². The van der Waals surface area contributed by atoms with Crippen molar-refractivity contribution in [3.8, 4) is 0 Å². The lowest BCUT2D eigenvalue weighted by atomic mass is 9.90. The molecule has 0 aliphatic carbocycles. The molecule has 0 saturated heterocycles. The summed E-state index contributed by atoms with van der Waals surface area (Å²) in [5.74, 6) is 0.147. The smallest absolute Gasteiger partial charge is 0.388 e. The molecule has 1 N–H and O–H groups in total. The first-order valence-corrected chi connectivity index (χ1v) is 5.68. The van der Waals surface area contributed by atoms with Gasteiger partial charge in [-0.05, 0) is 23.5 Å². The van der Waals surface area contributed by atoms with Gasteiger partial charge in [-0.3, -0.25) is 0 Å². The van der Waals surface area contributed by atoms with Gasteiger partial charge in [-0.2, -0.15) is 13.2 Å². The highest BCUT2D eigenvalue weighted by Gasteiger charge is 2.32. The Morgan fingerprint density at radius 3 is 2.18 bits per heavy atom. The van der Waals surface area contributed by atoms with Gasteiger partial charge < -0.3 is 5.11 Å². The molecule has 1 aromatic rings. The van der Waals surface area contributed by atoms with Crippen LogP contribution in [0.1, 0.15) is 49.8 Å².